The van der Waals surface area contributed by atoms with Crippen LogP contribution >= 0.6 is 23.4 Å². The van der Waals surface area contributed by atoms with Gasteiger partial charge in [-0.3, -0.25) is 4.79 Å². The fourth-order valence-electron chi connectivity index (χ4n) is 1.43. The second-order valence-electron chi connectivity index (χ2n) is 4.67. The molecule has 0 spiro atoms. The highest BCUT2D eigenvalue weighted by Gasteiger charge is 2.22. The van der Waals surface area contributed by atoms with Crippen molar-refractivity contribution in [2.45, 2.75) is 37.1 Å². The molecule has 0 radical (unpaired) electrons. The Kier molecular flexibility index (Phi) is 6.69. The molecule has 1 atom stereocenters. The summed E-state index contributed by atoms with van der Waals surface area (Å²) in [5.74, 6) is 0.679. The maximum atomic E-state index is 11.8. The summed E-state index contributed by atoms with van der Waals surface area (Å²) in [5.41, 5.74) is -0.512. The van der Waals surface area contributed by atoms with E-state index in [4.69, 9.17) is 11.6 Å². The van der Waals surface area contributed by atoms with E-state index in [2.05, 4.69) is 5.32 Å². The molecule has 0 saturated carbocycles. The maximum Gasteiger partial charge on any atom is 0.221 e. The standard InChI is InChI=1S/C14H20ClNO2S/c1-3-14(2,10-17)16-13(18)8-9-19-12-6-4-11(15)5-7-12/h4-7,17H,3,8-10H2,1-2H3,(H,16,18). The van der Waals surface area contributed by atoms with Gasteiger partial charge in [-0.2, -0.15) is 0 Å². The normalized spacial score (nSPS) is 13.9. The zero-order valence-corrected chi connectivity index (χ0v) is 12.9. The summed E-state index contributed by atoms with van der Waals surface area (Å²) in [5, 5.41) is 12.8. The summed E-state index contributed by atoms with van der Waals surface area (Å²) < 4.78 is 0. The fraction of sp³-hybridized carbons (Fsp3) is 0.500. The third kappa shape index (κ3) is 5.85. The quantitative estimate of drug-likeness (QED) is 0.761. The van der Waals surface area contributed by atoms with Gasteiger partial charge in [0.1, 0.15) is 0 Å². The molecular formula is C14H20ClNO2S. The van der Waals surface area contributed by atoms with E-state index < -0.39 is 5.54 Å². The summed E-state index contributed by atoms with van der Waals surface area (Å²) in [6.07, 6.45) is 1.14. The van der Waals surface area contributed by atoms with Crippen LogP contribution in [0.25, 0.3) is 0 Å². The van der Waals surface area contributed by atoms with E-state index in [0.29, 0.717) is 23.6 Å². The van der Waals surface area contributed by atoms with Gasteiger partial charge in [0.05, 0.1) is 12.1 Å². The van der Waals surface area contributed by atoms with Crippen molar-refractivity contribution < 1.29 is 9.90 Å². The summed E-state index contributed by atoms with van der Waals surface area (Å²) in [6, 6.07) is 7.55. The highest BCUT2D eigenvalue weighted by Crippen LogP contribution is 2.21. The largest absolute Gasteiger partial charge is 0.394 e. The van der Waals surface area contributed by atoms with Crippen molar-refractivity contribution in [1.82, 2.24) is 5.32 Å². The van der Waals surface area contributed by atoms with Crippen molar-refractivity contribution >= 4 is 29.3 Å². The van der Waals surface area contributed by atoms with Crippen LogP contribution in [0.15, 0.2) is 29.2 Å². The van der Waals surface area contributed by atoms with Crippen LogP contribution in [0.5, 0.6) is 0 Å². The molecule has 1 aromatic rings. The van der Waals surface area contributed by atoms with Gasteiger partial charge < -0.3 is 10.4 Å². The van der Waals surface area contributed by atoms with Gasteiger partial charge in [0.25, 0.3) is 0 Å². The number of aliphatic hydroxyl groups excluding tert-OH is 1. The molecule has 0 aromatic heterocycles. The Morgan fingerprint density at radius 2 is 2.05 bits per heavy atom. The number of aliphatic hydroxyl groups is 1. The average molecular weight is 302 g/mol. The van der Waals surface area contributed by atoms with Gasteiger partial charge in [-0.05, 0) is 37.6 Å². The zero-order valence-electron chi connectivity index (χ0n) is 11.3. The molecule has 2 N–H and O–H groups in total. The molecule has 0 bridgehead atoms. The molecular weight excluding hydrogens is 282 g/mol. The van der Waals surface area contributed by atoms with Gasteiger partial charge in [0.2, 0.25) is 5.91 Å². The van der Waals surface area contributed by atoms with E-state index in [1.807, 2.05) is 38.1 Å². The van der Waals surface area contributed by atoms with Gasteiger partial charge >= 0.3 is 0 Å². The Balaban J connectivity index is 2.33. The van der Waals surface area contributed by atoms with Crippen molar-refractivity contribution in [3.8, 4) is 0 Å². The van der Waals surface area contributed by atoms with Crippen molar-refractivity contribution in [3.05, 3.63) is 29.3 Å². The van der Waals surface area contributed by atoms with Gasteiger partial charge in [-0.25, -0.2) is 0 Å². The predicted molar refractivity (Wildman–Crippen MR) is 80.7 cm³/mol. The number of nitrogens with one attached hydrogen (secondary N) is 1. The maximum absolute atomic E-state index is 11.8. The number of carbonyl (C=O) groups is 1. The van der Waals surface area contributed by atoms with Crippen LogP contribution in [0.1, 0.15) is 26.7 Å². The van der Waals surface area contributed by atoms with Crippen LogP contribution in [-0.4, -0.2) is 28.9 Å². The van der Waals surface area contributed by atoms with Crippen LogP contribution in [0.3, 0.4) is 0 Å². The lowest BCUT2D eigenvalue weighted by molar-refractivity contribution is -0.123. The molecule has 0 aliphatic heterocycles. The minimum absolute atomic E-state index is 0.0279. The monoisotopic (exact) mass is 301 g/mol. The van der Waals surface area contributed by atoms with Gasteiger partial charge in [0.15, 0.2) is 0 Å². The van der Waals surface area contributed by atoms with Gasteiger partial charge in [-0.1, -0.05) is 18.5 Å². The fourth-order valence-corrected chi connectivity index (χ4v) is 2.41. The van der Waals surface area contributed by atoms with Crippen molar-refractivity contribution in [2.75, 3.05) is 12.4 Å². The Labute approximate surface area is 123 Å². The first-order valence-electron chi connectivity index (χ1n) is 6.29. The van der Waals surface area contributed by atoms with Crippen molar-refractivity contribution in [3.63, 3.8) is 0 Å². The van der Waals surface area contributed by atoms with E-state index in [0.717, 1.165) is 4.90 Å². The first kappa shape index (κ1) is 16.3. The summed E-state index contributed by atoms with van der Waals surface area (Å²) in [6.45, 7) is 3.75. The number of thioether (sulfide) groups is 1. The molecule has 1 rings (SSSR count). The molecule has 5 heteroatoms. The van der Waals surface area contributed by atoms with E-state index in [1.54, 1.807) is 11.8 Å². The Morgan fingerprint density at radius 3 is 2.58 bits per heavy atom. The van der Waals surface area contributed by atoms with Crippen LogP contribution < -0.4 is 5.32 Å². The zero-order chi connectivity index (χ0) is 14.3. The number of halogens is 1. The molecule has 0 aliphatic rings. The molecule has 0 aliphatic carbocycles. The van der Waals surface area contributed by atoms with Crippen LogP contribution in [0, 0.1) is 0 Å². The number of hydrogen-bond acceptors (Lipinski definition) is 3. The van der Waals surface area contributed by atoms with Crippen LogP contribution in [0.2, 0.25) is 5.02 Å². The third-order valence-electron chi connectivity index (χ3n) is 2.98. The molecule has 1 amide bonds. The minimum Gasteiger partial charge on any atom is -0.394 e. The highest BCUT2D eigenvalue weighted by atomic mass is 35.5. The SMILES string of the molecule is CCC(C)(CO)NC(=O)CCSc1ccc(Cl)cc1. The average Bonchev–Trinajstić information content (AvgIpc) is 2.41. The third-order valence-corrected chi connectivity index (χ3v) is 4.25. The smallest absolute Gasteiger partial charge is 0.221 e. The molecule has 0 heterocycles. The molecule has 19 heavy (non-hydrogen) atoms. The summed E-state index contributed by atoms with van der Waals surface area (Å²) in [4.78, 5) is 12.9. The number of hydrogen-bond donors (Lipinski definition) is 2. The van der Waals surface area contributed by atoms with Crippen LogP contribution in [-0.2, 0) is 4.79 Å². The molecule has 0 saturated heterocycles. The topological polar surface area (TPSA) is 49.3 Å². The Bertz CT molecular complexity index is 404. The number of carbonyl (C=O) groups excluding carboxylic acids is 1. The molecule has 1 aromatic carbocycles. The first-order chi connectivity index (χ1) is 8.99. The highest BCUT2D eigenvalue weighted by molar-refractivity contribution is 7.99. The molecule has 3 nitrogen and oxygen atoms in total. The number of benzene rings is 1. The molecule has 0 fully saturated rings. The second kappa shape index (κ2) is 7.78. The van der Waals surface area contributed by atoms with Crippen LogP contribution in [0.4, 0.5) is 0 Å². The van der Waals surface area contributed by atoms with E-state index in [9.17, 15) is 9.90 Å². The Morgan fingerprint density at radius 1 is 1.42 bits per heavy atom. The van der Waals surface area contributed by atoms with E-state index in [1.165, 1.54) is 0 Å². The second-order valence-corrected chi connectivity index (χ2v) is 6.28. The predicted octanol–water partition coefficient (Wildman–Crippen LogP) is 3.10. The molecule has 106 valence electrons. The number of amides is 1. The minimum atomic E-state index is -0.512. The van der Waals surface area contributed by atoms with Crippen molar-refractivity contribution in [1.29, 1.82) is 0 Å². The lowest BCUT2D eigenvalue weighted by Gasteiger charge is -2.27. The summed E-state index contributed by atoms with van der Waals surface area (Å²) in [7, 11) is 0. The molecule has 1 unspecified atom stereocenters. The summed E-state index contributed by atoms with van der Waals surface area (Å²) >= 11 is 7.42. The Hall–Kier alpha value is -0.710. The first-order valence-corrected chi connectivity index (χ1v) is 7.65. The lowest BCUT2D eigenvalue weighted by Crippen LogP contribution is -2.48. The lowest BCUT2D eigenvalue weighted by atomic mass is 10.0. The van der Waals surface area contributed by atoms with E-state index >= 15 is 0 Å². The van der Waals surface area contributed by atoms with Gasteiger partial charge in [-0.15, -0.1) is 11.8 Å². The van der Waals surface area contributed by atoms with Gasteiger partial charge in [0, 0.05) is 22.1 Å². The van der Waals surface area contributed by atoms with Crippen molar-refractivity contribution in [2.24, 2.45) is 0 Å². The number of rotatable bonds is 7. The van der Waals surface area contributed by atoms with E-state index in [-0.39, 0.29) is 12.5 Å².